The van der Waals surface area contributed by atoms with E-state index in [1.165, 1.54) is 13.5 Å². The highest BCUT2D eigenvalue weighted by Gasteiger charge is 2.24. The van der Waals surface area contributed by atoms with E-state index in [1.54, 1.807) is 6.92 Å². The van der Waals surface area contributed by atoms with Crippen molar-refractivity contribution in [2.45, 2.75) is 38.4 Å². The van der Waals surface area contributed by atoms with E-state index in [9.17, 15) is 4.79 Å². The zero-order valence-corrected chi connectivity index (χ0v) is 7.00. The number of ether oxygens (including phenoxy) is 2. The first-order chi connectivity index (χ1) is 5.24. The van der Waals surface area contributed by atoms with E-state index in [0.717, 1.165) is 12.8 Å². The van der Waals surface area contributed by atoms with Crippen LogP contribution in [0.5, 0.6) is 0 Å². The van der Waals surface area contributed by atoms with Crippen LogP contribution >= 0.6 is 0 Å². The van der Waals surface area contributed by atoms with Gasteiger partial charge in [-0.2, -0.15) is 0 Å². The SMILES string of the molecule is COC(=O)C(C)OC1CCC1. The van der Waals surface area contributed by atoms with Crippen LogP contribution in [0.25, 0.3) is 0 Å². The predicted octanol–water partition coefficient (Wildman–Crippen LogP) is 1.12. The summed E-state index contributed by atoms with van der Waals surface area (Å²) in [6, 6.07) is 0. The Morgan fingerprint density at radius 2 is 2.18 bits per heavy atom. The van der Waals surface area contributed by atoms with Crippen molar-refractivity contribution in [1.29, 1.82) is 0 Å². The highest BCUT2D eigenvalue weighted by molar-refractivity contribution is 5.73. The maximum absolute atomic E-state index is 10.8. The van der Waals surface area contributed by atoms with Crippen molar-refractivity contribution >= 4 is 5.97 Å². The van der Waals surface area contributed by atoms with Gasteiger partial charge in [-0.15, -0.1) is 0 Å². The molecule has 11 heavy (non-hydrogen) atoms. The quantitative estimate of drug-likeness (QED) is 0.577. The topological polar surface area (TPSA) is 35.5 Å². The molecule has 1 atom stereocenters. The summed E-state index contributed by atoms with van der Waals surface area (Å²) in [6.45, 7) is 1.73. The minimum atomic E-state index is -0.398. The maximum Gasteiger partial charge on any atom is 0.334 e. The lowest BCUT2D eigenvalue weighted by molar-refractivity contribution is -0.159. The van der Waals surface area contributed by atoms with Gasteiger partial charge in [0.25, 0.3) is 0 Å². The fourth-order valence-corrected chi connectivity index (χ4v) is 1.02. The second kappa shape index (κ2) is 3.72. The van der Waals surface area contributed by atoms with Crippen molar-refractivity contribution in [3.63, 3.8) is 0 Å². The second-order valence-electron chi connectivity index (χ2n) is 2.85. The third-order valence-electron chi connectivity index (χ3n) is 1.98. The largest absolute Gasteiger partial charge is 0.467 e. The molecule has 0 aliphatic heterocycles. The smallest absolute Gasteiger partial charge is 0.334 e. The fraction of sp³-hybridized carbons (Fsp3) is 0.875. The highest BCUT2D eigenvalue weighted by Crippen LogP contribution is 2.23. The zero-order valence-electron chi connectivity index (χ0n) is 7.00. The van der Waals surface area contributed by atoms with E-state index in [-0.39, 0.29) is 5.97 Å². The molecule has 1 aliphatic carbocycles. The van der Waals surface area contributed by atoms with Gasteiger partial charge in [-0.3, -0.25) is 0 Å². The molecule has 1 rings (SSSR count). The first-order valence-electron chi connectivity index (χ1n) is 3.97. The van der Waals surface area contributed by atoms with Gasteiger partial charge in [0.15, 0.2) is 6.10 Å². The molecule has 0 aromatic rings. The molecule has 0 aromatic heterocycles. The van der Waals surface area contributed by atoms with E-state index in [1.807, 2.05) is 0 Å². The molecular formula is C8H14O3. The molecule has 0 aromatic carbocycles. The number of esters is 1. The van der Waals surface area contributed by atoms with Crippen molar-refractivity contribution in [2.75, 3.05) is 7.11 Å². The van der Waals surface area contributed by atoms with Crippen molar-refractivity contribution in [1.82, 2.24) is 0 Å². The molecule has 0 heterocycles. The molecule has 0 saturated heterocycles. The zero-order chi connectivity index (χ0) is 8.27. The summed E-state index contributed by atoms with van der Waals surface area (Å²) in [5, 5.41) is 0. The average Bonchev–Trinajstić information content (AvgIpc) is 1.94. The minimum absolute atomic E-state index is 0.281. The van der Waals surface area contributed by atoms with Gasteiger partial charge in [-0.25, -0.2) is 4.79 Å². The van der Waals surface area contributed by atoms with E-state index in [0.29, 0.717) is 6.10 Å². The monoisotopic (exact) mass is 158 g/mol. The third-order valence-corrected chi connectivity index (χ3v) is 1.98. The molecule has 0 bridgehead atoms. The van der Waals surface area contributed by atoms with Gasteiger partial charge in [0.1, 0.15) is 0 Å². The van der Waals surface area contributed by atoms with Gasteiger partial charge in [0, 0.05) is 0 Å². The molecular weight excluding hydrogens is 144 g/mol. The van der Waals surface area contributed by atoms with Crippen LogP contribution in [-0.2, 0) is 14.3 Å². The van der Waals surface area contributed by atoms with Crippen LogP contribution in [0.15, 0.2) is 0 Å². The standard InChI is InChI=1S/C8H14O3/c1-6(8(9)10-2)11-7-4-3-5-7/h6-7H,3-5H2,1-2H3. The maximum atomic E-state index is 10.8. The molecule has 0 amide bonds. The van der Waals surface area contributed by atoms with E-state index in [2.05, 4.69) is 4.74 Å². The van der Waals surface area contributed by atoms with Crippen LogP contribution in [0, 0.1) is 0 Å². The number of carbonyl (C=O) groups is 1. The molecule has 1 saturated carbocycles. The fourth-order valence-electron chi connectivity index (χ4n) is 1.02. The van der Waals surface area contributed by atoms with E-state index in [4.69, 9.17) is 4.74 Å². The molecule has 1 aliphatic rings. The minimum Gasteiger partial charge on any atom is -0.467 e. The molecule has 3 nitrogen and oxygen atoms in total. The summed E-state index contributed by atoms with van der Waals surface area (Å²) in [5.41, 5.74) is 0. The Morgan fingerprint density at radius 1 is 1.55 bits per heavy atom. The molecule has 1 fully saturated rings. The molecule has 0 spiro atoms. The number of rotatable bonds is 3. The predicted molar refractivity (Wildman–Crippen MR) is 40.2 cm³/mol. The van der Waals surface area contributed by atoms with E-state index < -0.39 is 6.10 Å². The van der Waals surface area contributed by atoms with Crippen molar-refractivity contribution in [2.24, 2.45) is 0 Å². The second-order valence-corrected chi connectivity index (χ2v) is 2.85. The molecule has 1 unspecified atom stereocenters. The molecule has 3 heteroatoms. The Kier molecular flexibility index (Phi) is 2.88. The number of carbonyl (C=O) groups excluding carboxylic acids is 1. The van der Waals surface area contributed by atoms with Crippen LogP contribution in [-0.4, -0.2) is 25.3 Å². The van der Waals surface area contributed by atoms with Crippen molar-refractivity contribution in [3.8, 4) is 0 Å². The summed E-state index contributed by atoms with van der Waals surface area (Å²) in [5.74, 6) is -0.281. The highest BCUT2D eigenvalue weighted by atomic mass is 16.6. The van der Waals surface area contributed by atoms with Crippen LogP contribution in [0.3, 0.4) is 0 Å². The molecule has 0 N–H and O–H groups in total. The first-order valence-corrected chi connectivity index (χ1v) is 3.97. The Morgan fingerprint density at radius 3 is 2.55 bits per heavy atom. The third kappa shape index (κ3) is 2.19. The summed E-state index contributed by atoms with van der Waals surface area (Å²) in [6.07, 6.45) is 3.29. The Bertz CT molecular complexity index is 140. The van der Waals surface area contributed by atoms with Gasteiger partial charge >= 0.3 is 5.97 Å². The summed E-state index contributed by atoms with van der Waals surface area (Å²) < 4.78 is 9.88. The lowest BCUT2D eigenvalue weighted by Gasteiger charge is -2.27. The first kappa shape index (κ1) is 8.53. The lowest BCUT2D eigenvalue weighted by atomic mass is 9.96. The van der Waals surface area contributed by atoms with Crippen molar-refractivity contribution < 1.29 is 14.3 Å². The molecule has 0 radical (unpaired) electrons. The van der Waals surface area contributed by atoms with Crippen LogP contribution < -0.4 is 0 Å². The van der Waals surface area contributed by atoms with Gasteiger partial charge in [-0.1, -0.05) is 0 Å². The van der Waals surface area contributed by atoms with Crippen LogP contribution in [0.1, 0.15) is 26.2 Å². The number of hydrogen-bond donors (Lipinski definition) is 0. The van der Waals surface area contributed by atoms with Gasteiger partial charge in [0.2, 0.25) is 0 Å². The normalized spacial score (nSPS) is 20.5. The lowest BCUT2D eigenvalue weighted by Crippen LogP contribution is -2.31. The average molecular weight is 158 g/mol. The van der Waals surface area contributed by atoms with Gasteiger partial charge < -0.3 is 9.47 Å². The summed E-state index contributed by atoms with van der Waals surface area (Å²) >= 11 is 0. The van der Waals surface area contributed by atoms with Crippen LogP contribution in [0.4, 0.5) is 0 Å². The summed E-state index contributed by atoms with van der Waals surface area (Å²) in [4.78, 5) is 10.8. The van der Waals surface area contributed by atoms with Gasteiger partial charge in [0.05, 0.1) is 13.2 Å². The van der Waals surface area contributed by atoms with E-state index >= 15 is 0 Å². The van der Waals surface area contributed by atoms with Crippen molar-refractivity contribution in [3.05, 3.63) is 0 Å². The Labute approximate surface area is 66.7 Å². The number of hydrogen-bond acceptors (Lipinski definition) is 3. The Hall–Kier alpha value is -0.570. The molecule has 64 valence electrons. The summed E-state index contributed by atoms with van der Waals surface area (Å²) in [7, 11) is 1.38. The van der Waals surface area contributed by atoms with Crippen LogP contribution in [0.2, 0.25) is 0 Å². The Balaban J connectivity index is 2.18. The van der Waals surface area contributed by atoms with Gasteiger partial charge in [-0.05, 0) is 26.2 Å². The number of methoxy groups -OCH3 is 1.